The van der Waals surface area contributed by atoms with Crippen LogP contribution in [0.2, 0.25) is 5.02 Å². The summed E-state index contributed by atoms with van der Waals surface area (Å²) in [5, 5.41) is 2.77. The van der Waals surface area contributed by atoms with Crippen LogP contribution in [0.4, 0.5) is 15.8 Å². The van der Waals surface area contributed by atoms with E-state index in [0.717, 1.165) is 0 Å². The minimum Gasteiger partial charge on any atom is -0.399 e. The smallest absolute Gasteiger partial charge is 0.257 e. The maximum Gasteiger partial charge on any atom is 0.257 e. The number of hydrogen-bond donors (Lipinski definition) is 2. The van der Waals surface area contributed by atoms with E-state index in [1.807, 2.05) is 0 Å². The van der Waals surface area contributed by atoms with E-state index in [1.165, 1.54) is 18.2 Å². The molecule has 0 heterocycles. The number of aryl methyl sites for hydroxylation is 1. The molecule has 2 rings (SSSR count). The van der Waals surface area contributed by atoms with Crippen molar-refractivity contribution < 1.29 is 9.18 Å². The Morgan fingerprint density at radius 2 is 2.05 bits per heavy atom. The third-order valence-electron chi connectivity index (χ3n) is 2.70. The third kappa shape index (κ3) is 2.85. The van der Waals surface area contributed by atoms with E-state index >= 15 is 0 Å². The lowest BCUT2D eigenvalue weighted by Crippen LogP contribution is -2.14. The minimum atomic E-state index is -0.495. The van der Waals surface area contributed by atoms with Gasteiger partial charge in [-0.05, 0) is 36.8 Å². The van der Waals surface area contributed by atoms with Crippen LogP contribution in [0.1, 0.15) is 15.9 Å². The Morgan fingerprint density at radius 1 is 1.32 bits per heavy atom. The monoisotopic (exact) mass is 278 g/mol. The molecule has 19 heavy (non-hydrogen) atoms. The number of nitrogens with two attached hydrogens (primary N) is 1. The Kier molecular flexibility index (Phi) is 3.71. The molecule has 2 aromatic rings. The molecule has 0 aliphatic carbocycles. The Morgan fingerprint density at radius 3 is 2.74 bits per heavy atom. The van der Waals surface area contributed by atoms with E-state index < -0.39 is 11.7 Å². The quantitative estimate of drug-likeness (QED) is 0.824. The van der Waals surface area contributed by atoms with Crippen molar-refractivity contribution in [2.24, 2.45) is 0 Å². The molecule has 0 spiro atoms. The highest BCUT2D eigenvalue weighted by molar-refractivity contribution is 6.34. The van der Waals surface area contributed by atoms with Gasteiger partial charge in [-0.3, -0.25) is 4.79 Å². The molecule has 0 atom stereocenters. The van der Waals surface area contributed by atoms with Gasteiger partial charge in [-0.15, -0.1) is 0 Å². The summed E-state index contributed by atoms with van der Waals surface area (Å²) in [7, 11) is 0. The van der Waals surface area contributed by atoms with Gasteiger partial charge in [0.2, 0.25) is 0 Å². The number of carbonyl (C=O) groups excluding carboxylic acids is 1. The highest BCUT2D eigenvalue weighted by Crippen LogP contribution is 2.23. The van der Waals surface area contributed by atoms with Gasteiger partial charge < -0.3 is 11.1 Å². The molecule has 0 fully saturated rings. The number of benzene rings is 2. The van der Waals surface area contributed by atoms with Gasteiger partial charge in [0.05, 0.1) is 16.3 Å². The first-order valence-electron chi connectivity index (χ1n) is 5.60. The van der Waals surface area contributed by atoms with Gasteiger partial charge in [-0.1, -0.05) is 23.7 Å². The standard InChI is InChI=1S/C14H12ClFN2O/c1-8-3-2-4-12(16)13(8)18-14(19)10-7-9(17)5-6-11(10)15/h2-7H,17H2,1H3,(H,18,19). The number of para-hydroxylation sites is 1. The fraction of sp³-hybridized carbons (Fsp3) is 0.0714. The van der Waals surface area contributed by atoms with Crippen LogP contribution in [0.15, 0.2) is 36.4 Å². The number of rotatable bonds is 2. The minimum absolute atomic E-state index is 0.144. The summed E-state index contributed by atoms with van der Waals surface area (Å²) in [5.74, 6) is -0.987. The first-order chi connectivity index (χ1) is 8.99. The van der Waals surface area contributed by atoms with Crippen LogP contribution in [-0.4, -0.2) is 5.91 Å². The highest BCUT2D eigenvalue weighted by atomic mass is 35.5. The van der Waals surface area contributed by atoms with Crippen LogP contribution in [0.25, 0.3) is 0 Å². The fourth-order valence-electron chi connectivity index (χ4n) is 1.69. The number of nitrogen functional groups attached to an aromatic ring is 1. The van der Waals surface area contributed by atoms with Crippen molar-refractivity contribution in [3.63, 3.8) is 0 Å². The van der Waals surface area contributed by atoms with Crippen molar-refractivity contribution in [3.05, 3.63) is 58.4 Å². The van der Waals surface area contributed by atoms with Gasteiger partial charge in [-0.2, -0.15) is 0 Å². The number of amides is 1. The lowest BCUT2D eigenvalue weighted by atomic mass is 10.1. The summed E-state index contributed by atoms with van der Waals surface area (Å²) in [6, 6.07) is 9.14. The number of nitrogens with one attached hydrogen (secondary N) is 1. The average molecular weight is 279 g/mol. The normalized spacial score (nSPS) is 10.3. The van der Waals surface area contributed by atoms with E-state index in [1.54, 1.807) is 25.1 Å². The Labute approximate surface area is 115 Å². The molecule has 0 saturated carbocycles. The summed E-state index contributed by atoms with van der Waals surface area (Å²) in [6.07, 6.45) is 0. The predicted octanol–water partition coefficient (Wildman–Crippen LogP) is 3.62. The number of halogens is 2. The summed E-state index contributed by atoms with van der Waals surface area (Å²) < 4.78 is 13.6. The average Bonchev–Trinajstić information content (AvgIpc) is 2.37. The molecule has 0 radical (unpaired) electrons. The molecular formula is C14H12ClFN2O. The summed E-state index contributed by atoms with van der Waals surface area (Å²) in [5.41, 5.74) is 7.01. The van der Waals surface area contributed by atoms with Gasteiger partial charge in [0.25, 0.3) is 5.91 Å². The predicted molar refractivity (Wildman–Crippen MR) is 75.0 cm³/mol. The van der Waals surface area contributed by atoms with Crippen molar-refractivity contribution >= 4 is 28.9 Å². The van der Waals surface area contributed by atoms with Crippen molar-refractivity contribution in [3.8, 4) is 0 Å². The number of anilines is 2. The first kappa shape index (κ1) is 13.4. The Balaban J connectivity index is 2.34. The molecule has 0 saturated heterocycles. The summed E-state index contributed by atoms with van der Waals surface area (Å²) in [4.78, 5) is 12.1. The van der Waals surface area contributed by atoms with Crippen molar-refractivity contribution in [1.29, 1.82) is 0 Å². The van der Waals surface area contributed by atoms with E-state index in [0.29, 0.717) is 11.3 Å². The van der Waals surface area contributed by atoms with E-state index in [2.05, 4.69) is 5.32 Å². The van der Waals surface area contributed by atoms with Crippen molar-refractivity contribution in [1.82, 2.24) is 0 Å². The van der Waals surface area contributed by atoms with Crippen LogP contribution in [0, 0.1) is 12.7 Å². The molecule has 2 aromatic carbocycles. The van der Waals surface area contributed by atoms with Gasteiger partial charge in [0, 0.05) is 5.69 Å². The van der Waals surface area contributed by atoms with E-state index in [4.69, 9.17) is 17.3 Å². The van der Waals surface area contributed by atoms with Crippen LogP contribution < -0.4 is 11.1 Å². The second-order valence-corrected chi connectivity index (χ2v) is 4.53. The van der Waals surface area contributed by atoms with Gasteiger partial charge >= 0.3 is 0 Å². The first-order valence-corrected chi connectivity index (χ1v) is 5.98. The van der Waals surface area contributed by atoms with Gasteiger partial charge in [0.1, 0.15) is 5.82 Å². The van der Waals surface area contributed by atoms with Crippen LogP contribution in [0.3, 0.4) is 0 Å². The Bertz CT molecular complexity index is 623. The zero-order valence-electron chi connectivity index (χ0n) is 10.2. The summed E-state index contributed by atoms with van der Waals surface area (Å²) >= 11 is 5.93. The zero-order chi connectivity index (χ0) is 14.0. The third-order valence-corrected chi connectivity index (χ3v) is 3.03. The lowest BCUT2D eigenvalue weighted by molar-refractivity contribution is 0.102. The summed E-state index contributed by atoms with van der Waals surface area (Å²) in [6.45, 7) is 1.71. The molecule has 0 aliphatic rings. The lowest BCUT2D eigenvalue weighted by Gasteiger charge is -2.10. The van der Waals surface area contributed by atoms with Crippen LogP contribution in [0.5, 0.6) is 0 Å². The SMILES string of the molecule is Cc1cccc(F)c1NC(=O)c1cc(N)ccc1Cl. The molecule has 0 bridgehead atoms. The van der Waals surface area contributed by atoms with Crippen LogP contribution in [-0.2, 0) is 0 Å². The molecule has 0 unspecified atom stereocenters. The van der Waals surface area contributed by atoms with E-state index in [9.17, 15) is 9.18 Å². The fourth-order valence-corrected chi connectivity index (χ4v) is 1.89. The topological polar surface area (TPSA) is 55.1 Å². The number of hydrogen-bond acceptors (Lipinski definition) is 2. The molecule has 3 N–H and O–H groups in total. The van der Waals surface area contributed by atoms with Crippen molar-refractivity contribution in [2.45, 2.75) is 6.92 Å². The Hall–Kier alpha value is -2.07. The largest absolute Gasteiger partial charge is 0.399 e. The molecule has 0 aromatic heterocycles. The van der Waals surface area contributed by atoms with E-state index in [-0.39, 0.29) is 16.3 Å². The molecule has 1 amide bonds. The molecule has 0 aliphatic heterocycles. The molecular weight excluding hydrogens is 267 g/mol. The molecule has 3 nitrogen and oxygen atoms in total. The zero-order valence-corrected chi connectivity index (χ0v) is 11.0. The van der Waals surface area contributed by atoms with Crippen molar-refractivity contribution in [2.75, 3.05) is 11.1 Å². The van der Waals surface area contributed by atoms with Crippen LogP contribution >= 0.6 is 11.6 Å². The maximum absolute atomic E-state index is 13.6. The second-order valence-electron chi connectivity index (χ2n) is 4.13. The maximum atomic E-state index is 13.6. The molecule has 98 valence electrons. The highest BCUT2D eigenvalue weighted by Gasteiger charge is 2.14. The number of carbonyl (C=O) groups is 1. The second kappa shape index (κ2) is 5.28. The molecule has 5 heteroatoms. The van der Waals surface area contributed by atoms with Gasteiger partial charge in [-0.25, -0.2) is 4.39 Å². The van der Waals surface area contributed by atoms with Gasteiger partial charge in [0.15, 0.2) is 0 Å².